The van der Waals surface area contributed by atoms with Crippen LogP contribution in [0.3, 0.4) is 0 Å². The summed E-state index contributed by atoms with van der Waals surface area (Å²) in [5.74, 6) is 1.88. The molecule has 0 radical (unpaired) electrons. The molecule has 0 bridgehead atoms. The molecule has 6 aromatic carbocycles. The molecule has 0 unspecified atom stereocenters. The summed E-state index contributed by atoms with van der Waals surface area (Å²) in [6.07, 6.45) is 1.73. The largest absolute Gasteiger partial charge is 0.456 e. The molecule has 0 aromatic heterocycles. The highest BCUT2D eigenvalue weighted by Gasteiger charge is 2.26. The molecule has 1 aliphatic carbocycles. The van der Waals surface area contributed by atoms with E-state index in [1.807, 2.05) is 24.3 Å². The number of nitrogens with zero attached hydrogens (tertiary/aromatic N) is 2. The van der Waals surface area contributed by atoms with Gasteiger partial charge in [0.15, 0.2) is 5.88 Å². The first-order chi connectivity index (χ1) is 29.1. The van der Waals surface area contributed by atoms with E-state index in [-0.39, 0.29) is 4.90 Å². The van der Waals surface area contributed by atoms with Gasteiger partial charge in [0.1, 0.15) is 16.2 Å². The van der Waals surface area contributed by atoms with E-state index in [4.69, 9.17) is 4.42 Å². The van der Waals surface area contributed by atoms with Crippen molar-refractivity contribution >= 4 is 61.7 Å². The number of hydrogen-bond donors (Lipinski definition) is 1. The van der Waals surface area contributed by atoms with E-state index >= 15 is 0 Å². The molecule has 9 heteroatoms. The van der Waals surface area contributed by atoms with Crippen LogP contribution < -0.4 is 14.8 Å². The Labute approximate surface area is 361 Å². The maximum atomic E-state index is 13.0. The summed E-state index contributed by atoms with van der Waals surface area (Å²) >= 11 is 3.52. The van der Waals surface area contributed by atoms with Gasteiger partial charge in [-0.3, -0.25) is 4.55 Å². The van der Waals surface area contributed by atoms with E-state index < -0.39 is 10.1 Å². The van der Waals surface area contributed by atoms with Gasteiger partial charge >= 0.3 is 0 Å². The van der Waals surface area contributed by atoms with Crippen LogP contribution in [0.4, 0.5) is 17.1 Å². The third kappa shape index (κ3) is 8.54. The zero-order valence-corrected chi connectivity index (χ0v) is 36.6. The monoisotopic (exact) mass is 847 g/mol. The molecule has 1 aliphatic heterocycles. The number of para-hydroxylation sites is 2. The van der Waals surface area contributed by atoms with E-state index in [0.717, 1.165) is 56.0 Å². The molecule has 6 aromatic rings. The number of hydrogen-bond acceptors (Lipinski definition) is 6. The van der Waals surface area contributed by atoms with Gasteiger partial charge in [-0.15, -0.1) is 11.8 Å². The second-order valence-electron chi connectivity index (χ2n) is 14.7. The minimum atomic E-state index is -4.58. The molecule has 0 saturated heterocycles. The van der Waals surface area contributed by atoms with Crippen molar-refractivity contribution < 1.29 is 17.4 Å². The molecule has 60 heavy (non-hydrogen) atoms. The third-order valence-corrected chi connectivity index (χ3v) is 13.8. The van der Waals surface area contributed by atoms with Gasteiger partial charge in [-0.25, -0.2) is 0 Å². The van der Waals surface area contributed by atoms with Crippen LogP contribution in [0.5, 0.6) is 0 Å². The SMILES string of the molecule is CCc1cccc(C)c1N(CSc1ccccc1)c1ccc2c(-c3ccccc3S(=O)(=O)O)c3cc/c(=[N+](/CSc4ccccc4)c4c(C)cccc4CC)cc-3oc2c1. The molecule has 1 N–H and O–H groups in total. The third-order valence-electron chi connectivity index (χ3n) is 10.9. The van der Waals surface area contributed by atoms with Gasteiger partial charge < -0.3 is 9.32 Å². The first-order valence-electron chi connectivity index (χ1n) is 20.1. The van der Waals surface area contributed by atoms with Gasteiger partial charge in [-0.05, 0) is 86.3 Å². The number of fused-ring (bicyclic) bond motifs is 2. The number of rotatable bonds is 13. The Morgan fingerprint density at radius 3 is 2.00 bits per heavy atom. The van der Waals surface area contributed by atoms with Crippen LogP contribution in [0.15, 0.2) is 177 Å². The Morgan fingerprint density at radius 1 is 0.650 bits per heavy atom. The minimum absolute atomic E-state index is 0.159. The highest BCUT2D eigenvalue weighted by Crippen LogP contribution is 2.44. The Bertz CT molecular complexity index is 2970. The predicted molar refractivity (Wildman–Crippen MR) is 251 cm³/mol. The van der Waals surface area contributed by atoms with Gasteiger partial charge in [0, 0.05) is 66.5 Å². The minimum Gasteiger partial charge on any atom is -0.456 e. The number of aryl methyl sites for hydroxylation is 4. The smallest absolute Gasteiger partial charge is 0.295 e. The Balaban J connectivity index is 1.41. The number of benzene rings is 7. The fourth-order valence-electron chi connectivity index (χ4n) is 8.02. The summed E-state index contributed by atoms with van der Waals surface area (Å²) in [5.41, 5.74) is 10.5. The lowest BCUT2D eigenvalue weighted by Gasteiger charge is -2.29. The average molecular weight is 848 g/mol. The molecule has 0 amide bonds. The van der Waals surface area contributed by atoms with Crippen LogP contribution in [0, 0.1) is 13.8 Å². The van der Waals surface area contributed by atoms with E-state index in [0.29, 0.717) is 34.2 Å². The molecular formula is C51H47N2O4S3+. The molecule has 0 saturated carbocycles. The fraction of sp³-hybridized carbons (Fsp3) is 0.157. The Kier molecular flexibility index (Phi) is 12.3. The summed E-state index contributed by atoms with van der Waals surface area (Å²) < 4.78 is 45.9. The molecule has 302 valence electrons. The number of anilines is 2. The quantitative estimate of drug-likeness (QED) is 0.0407. The van der Waals surface area contributed by atoms with Gasteiger partial charge in [-0.2, -0.15) is 13.0 Å². The lowest BCUT2D eigenvalue weighted by Crippen LogP contribution is -2.27. The van der Waals surface area contributed by atoms with Gasteiger partial charge in [0.2, 0.25) is 11.0 Å². The molecule has 0 fully saturated rings. The summed E-state index contributed by atoms with van der Waals surface area (Å²) in [5, 5.41) is 1.67. The van der Waals surface area contributed by atoms with Gasteiger partial charge in [-0.1, -0.05) is 117 Å². The van der Waals surface area contributed by atoms with Crippen molar-refractivity contribution in [3.8, 4) is 22.5 Å². The van der Waals surface area contributed by atoms with Gasteiger partial charge in [0.05, 0.1) is 11.9 Å². The predicted octanol–water partition coefficient (Wildman–Crippen LogP) is 12.9. The summed E-state index contributed by atoms with van der Waals surface area (Å²) in [6.45, 7) is 8.67. The standard InChI is InChI=1S/C51H46N2O4S3/c1-5-37-19-15-17-35(3)50(37)52(33-58-41-21-9-7-10-22-41)39-27-29-43-46(31-39)57-47-32-40(28-30-44(47)49(43)45-25-13-14-26-48(45)60(54,55)56)53(34-59-42-23-11-8-12-24-42)51-36(4)18-16-20-38(51)6-2/h7-32H,5-6,33-34H2,1-4H3/p+1. The van der Waals surface area contributed by atoms with Crippen molar-refractivity contribution in [1.29, 1.82) is 0 Å². The molecule has 2 aliphatic rings. The van der Waals surface area contributed by atoms with Crippen molar-refractivity contribution in [2.24, 2.45) is 0 Å². The van der Waals surface area contributed by atoms with Crippen LogP contribution in [0.1, 0.15) is 36.1 Å². The van der Waals surface area contributed by atoms with Crippen molar-refractivity contribution in [1.82, 2.24) is 4.58 Å². The van der Waals surface area contributed by atoms with Crippen molar-refractivity contribution in [2.75, 3.05) is 16.7 Å². The summed E-state index contributed by atoms with van der Waals surface area (Å²) in [6, 6.07) is 52.7. The molecule has 1 heterocycles. The van der Waals surface area contributed by atoms with E-state index in [1.54, 1.807) is 41.7 Å². The maximum Gasteiger partial charge on any atom is 0.295 e. The van der Waals surface area contributed by atoms with Gasteiger partial charge in [0.25, 0.3) is 10.1 Å². The molecule has 6 nitrogen and oxygen atoms in total. The molecule has 8 rings (SSSR count). The summed E-state index contributed by atoms with van der Waals surface area (Å²) in [7, 11) is -4.58. The molecule has 0 spiro atoms. The second-order valence-corrected chi connectivity index (χ2v) is 18.1. The average Bonchev–Trinajstić information content (AvgIpc) is 3.26. The molecule has 0 atom stereocenters. The highest BCUT2D eigenvalue weighted by atomic mass is 32.2. The van der Waals surface area contributed by atoms with E-state index in [2.05, 4.69) is 146 Å². The topological polar surface area (TPSA) is 73.8 Å². The van der Waals surface area contributed by atoms with Crippen LogP contribution in [-0.2, 0) is 23.0 Å². The first kappa shape index (κ1) is 41.2. The van der Waals surface area contributed by atoms with Crippen LogP contribution in [0.2, 0.25) is 0 Å². The summed E-state index contributed by atoms with van der Waals surface area (Å²) in [4.78, 5) is 4.52. The van der Waals surface area contributed by atoms with Crippen LogP contribution in [0.25, 0.3) is 33.4 Å². The Morgan fingerprint density at radius 2 is 1.30 bits per heavy atom. The maximum absolute atomic E-state index is 13.0. The van der Waals surface area contributed by atoms with Crippen LogP contribution in [-0.4, -0.2) is 24.7 Å². The van der Waals surface area contributed by atoms with Crippen molar-refractivity contribution in [3.05, 3.63) is 185 Å². The van der Waals surface area contributed by atoms with E-state index in [1.165, 1.54) is 28.3 Å². The second kappa shape index (κ2) is 18.0. The van der Waals surface area contributed by atoms with Crippen molar-refractivity contribution in [3.63, 3.8) is 0 Å². The number of thioether (sulfide) groups is 2. The van der Waals surface area contributed by atoms with E-state index in [9.17, 15) is 13.0 Å². The lowest BCUT2D eigenvalue weighted by atomic mass is 9.93. The zero-order valence-electron chi connectivity index (χ0n) is 34.1. The molecular weight excluding hydrogens is 801 g/mol. The van der Waals surface area contributed by atoms with Crippen LogP contribution >= 0.6 is 23.5 Å². The lowest BCUT2D eigenvalue weighted by molar-refractivity contribution is 0.483. The van der Waals surface area contributed by atoms with Crippen molar-refractivity contribution in [2.45, 2.75) is 55.2 Å². The highest BCUT2D eigenvalue weighted by molar-refractivity contribution is 7.99. The Hall–Kier alpha value is -5.58. The first-order valence-corrected chi connectivity index (χ1v) is 23.5. The normalized spacial score (nSPS) is 12.2. The zero-order chi connectivity index (χ0) is 41.8. The fourth-order valence-corrected chi connectivity index (χ4v) is 10.5.